The van der Waals surface area contributed by atoms with Crippen molar-refractivity contribution in [1.82, 2.24) is 0 Å². The zero-order valence-corrected chi connectivity index (χ0v) is 14.5. The van der Waals surface area contributed by atoms with Crippen molar-refractivity contribution < 1.29 is 17.6 Å². The molecule has 0 radical (unpaired) electrons. The zero-order valence-electron chi connectivity index (χ0n) is 12.2. The third-order valence-electron chi connectivity index (χ3n) is 3.10. The largest absolute Gasteiger partial charge is 0.365 e. The summed E-state index contributed by atoms with van der Waals surface area (Å²) in [5.74, 6) is -2.14. The Morgan fingerprint density at radius 3 is 2.29 bits per heavy atom. The van der Waals surface area contributed by atoms with Gasteiger partial charge in [0.15, 0.2) is 9.84 Å². The third kappa shape index (κ3) is 4.56. The molecule has 0 spiro atoms. The number of primary amides is 1. The number of hydrogen-bond acceptors (Lipinski definition) is 3. The van der Waals surface area contributed by atoms with Crippen LogP contribution in [-0.2, 0) is 20.4 Å². The Hall–Kier alpha value is -1.89. The standard InChI is InChI=1S/C16H12Cl2FNO3S/c17-12-4-1-10(2-5-12)9-24(22,23)15(16(20)21)7-11-3-6-13(19)8-14(11)18/h1-8H,9H2,(H2,20,21)/b15-7+. The van der Waals surface area contributed by atoms with Crippen LogP contribution in [0, 0.1) is 5.82 Å². The summed E-state index contributed by atoms with van der Waals surface area (Å²) in [6.07, 6.45) is 1.04. The average Bonchev–Trinajstić information content (AvgIpc) is 2.48. The van der Waals surface area contributed by atoms with Crippen LogP contribution in [0.2, 0.25) is 10.0 Å². The van der Waals surface area contributed by atoms with Crippen molar-refractivity contribution in [3.8, 4) is 0 Å². The molecule has 0 atom stereocenters. The van der Waals surface area contributed by atoms with Gasteiger partial charge >= 0.3 is 0 Å². The molecule has 1 amide bonds. The van der Waals surface area contributed by atoms with E-state index in [9.17, 15) is 17.6 Å². The van der Waals surface area contributed by atoms with E-state index in [1.807, 2.05) is 0 Å². The second kappa shape index (κ2) is 7.34. The molecule has 0 fully saturated rings. The molecule has 0 aliphatic rings. The van der Waals surface area contributed by atoms with Crippen molar-refractivity contribution >= 4 is 45.0 Å². The minimum Gasteiger partial charge on any atom is -0.365 e. The first-order valence-electron chi connectivity index (χ1n) is 6.63. The van der Waals surface area contributed by atoms with Crippen LogP contribution in [0.25, 0.3) is 6.08 Å². The number of carbonyl (C=O) groups excluding carboxylic acids is 1. The van der Waals surface area contributed by atoms with Gasteiger partial charge in [0.25, 0.3) is 5.91 Å². The highest BCUT2D eigenvalue weighted by atomic mass is 35.5. The average molecular weight is 388 g/mol. The van der Waals surface area contributed by atoms with Gasteiger partial charge < -0.3 is 5.73 Å². The van der Waals surface area contributed by atoms with E-state index in [1.165, 1.54) is 30.3 Å². The zero-order chi connectivity index (χ0) is 17.9. The topological polar surface area (TPSA) is 77.2 Å². The number of carbonyl (C=O) groups is 1. The molecule has 0 aromatic heterocycles. The highest BCUT2D eigenvalue weighted by Crippen LogP contribution is 2.24. The fourth-order valence-corrected chi connectivity index (χ4v) is 3.70. The summed E-state index contributed by atoms with van der Waals surface area (Å²) in [6, 6.07) is 9.51. The van der Waals surface area contributed by atoms with Gasteiger partial charge in [-0.1, -0.05) is 41.4 Å². The van der Waals surface area contributed by atoms with Crippen LogP contribution in [0.5, 0.6) is 0 Å². The molecule has 0 heterocycles. The van der Waals surface area contributed by atoms with Crippen molar-refractivity contribution in [2.24, 2.45) is 5.73 Å². The Morgan fingerprint density at radius 2 is 1.75 bits per heavy atom. The van der Waals surface area contributed by atoms with Crippen molar-refractivity contribution in [2.45, 2.75) is 5.75 Å². The lowest BCUT2D eigenvalue weighted by molar-refractivity contribution is -0.113. The summed E-state index contributed by atoms with van der Waals surface area (Å²) in [6.45, 7) is 0. The molecule has 0 aliphatic heterocycles. The van der Waals surface area contributed by atoms with Gasteiger partial charge in [0, 0.05) is 5.02 Å². The fraction of sp³-hybridized carbons (Fsp3) is 0.0625. The second-order valence-electron chi connectivity index (χ2n) is 4.92. The van der Waals surface area contributed by atoms with E-state index in [1.54, 1.807) is 0 Å². The predicted molar refractivity (Wildman–Crippen MR) is 92.7 cm³/mol. The first-order chi connectivity index (χ1) is 11.2. The Labute approximate surface area is 148 Å². The van der Waals surface area contributed by atoms with Gasteiger partial charge in [0.05, 0.1) is 10.8 Å². The summed E-state index contributed by atoms with van der Waals surface area (Å²) < 4.78 is 38.1. The van der Waals surface area contributed by atoms with E-state index in [0.29, 0.717) is 10.6 Å². The Bertz CT molecular complexity index is 909. The minimum absolute atomic E-state index is 0.0320. The van der Waals surface area contributed by atoms with Gasteiger partial charge in [0.1, 0.15) is 10.7 Å². The molecule has 0 unspecified atom stereocenters. The maximum Gasteiger partial charge on any atom is 0.260 e. The molecule has 0 aliphatic carbocycles. The van der Waals surface area contributed by atoms with Crippen molar-refractivity contribution in [3.05, 3.63) is 74.4 Å². The number of amides is 1. The maximum atomic E-state index is 13.1. The number of rotatable bonds is 5. The van der Waals surface area contributed by atoms with Crippen LogP contribution in [0.15, 0.2) is 47.4 Å². The SMILES string of the molecule is NC(=O)/C(=C\c1ccc(F)cc1Cl)S(=O)(=O)Cc1ccc(Cl)cc1. The Balaban J connectivity index is 2.43. The minimum atomic E-state index is -4.02. The first-order valence-corrected chi connectivity index (χ1v) is 9.03. The van der Waals surface area contributed by atoms with Crippen LogP contribution in [0.3, 0.4) is 0 Å². The summed E-state index contributed by atoms with van der Waals surface area (Å²) in [5, 5.41) is 0.426. The Morgan fingerprint density at radius 1 is 1.12 bits per heavy atom. The van der Waals surface area contributed by atoms with Crippen LogP contribution < -0.4 is 5.73 Å². The Kier molecular flexibility index (Phi) is 5.64. The van der Waals surface area contributed by atoms with Gasteiger partial charge in [-0.15, -0.1) is 0 Å². The molecule has 126 valence electrons. The van der Waals surface area contributed by atoms with Crippen LogP contribution in [0.4, 0.5) is 4.39 Å². The van der Waals surface area contributed by atoms with E-state index in [4.69, 9.17) is 28.9 Å². The third-order valence-corrected chi connectivity index (χ3v) is 5.38. The molecule has 2 aromatic rings. The predicted octanol–water partition coefficient (Wildman–Crippen LogP) is 3.57. The van der Waals surface area contributed by atoms with Crippen molar-refractivity contribution in [3.63, 3.8) is 0 Å². The van der Waals surface area contributed by atoms with Gasteiger partial charge in [-0.3, -0.25) is 4.79 Å². The molecule has 2 aromatic carbocycles. The molecule has 0 saturated heterocycles. The lowest BCUT2D eigenvalue weighted by atomic mass is 10.2. The summed E-state index contributed by atoms with van der Waals surface area (Å²) in [7, 11) is -4.02. The highest BCUT2D eigenvalue weighted by molar-refractivity contribution is 7.95. The monoisotopic (exact) mass is 387 g/mol. The molecule has 2 N–H and O–H groups in total. The van der Waals surface area contributed by atoms with E-state index < -0.39 is 32.2 Å². The first kappa shape index (κ1) is 18.4. The molecule has 4 nitrogen and oxygen atoms in total. The number of halogens is 3. The fourth-order valence-electron chi connectivity index (χ4n) is 1.95. The number of benzene rings is 2. The number of hydrogen-bond donors (Lipinski definition) is 1. The van der Waals surface area contributed by atoms with Gasteiger partial charge in [-0.2, -0.15) is 0 Å². The normalized spacial score (nSPS) is 12.2. The molecule has 0 saturated carbocycles. The van der Waals surface area contributed by atoms with E-state index >= 15 is 0 Å². The maximum absolute atomic E-state index is 13.1. The van der Waals surface area contributed by atoms with E-state index in [0.717, 1.165) is 18.2 Å². The van der Waals surface area contributed by atoms with Gasteiger partial charge in [0.2, 0.25) is 0 Å². The van der Waals surface area contributed by atoms with Crippen LogP contribution in [-0.4, -0.2) is 14.3 Å². The highest BCUT2D eigenvalue weighted by Gasteiger charge is 2.24. The molecule has 0 bridgehead atoms. The van der Waals surface area contributed by atoms with Crippen molar-refractivity contribution in [1.29, 1.82) is 0 Å². The number of nitrogens with two attached hydrogens (primary N) is 1. The second-order valence-corrected chi connectivity index (χ2v) is 7.73. The molecule has 2 rings (SSSR count). The molecular weight excluding hydrogens is 376 g/mol. The lowest BCUT2D eigenvalue weighted by Crippen LogP contribution is -2.22. The molecule has 8 heteroatoms. The van der Waals surface area contributed by atoms with E-state index in [2.05, 4.69) is 0 Å². The summed E-state index contributed by atoms with van der Waals surface area (Å²) in [5.41, 5.74) is 5.82. The van der Waals surface area contributed by atoms with Gasteiger partial charge in [-0.25, -0.2) is 12.8 Å². The van der Waals surface area contributed by atoms with Crippen molar-refractivity contribution in [2.75, 3.05) is 0 Å². The summed E-state index contributed by atoms with van der Waals surface area (Å²) in [4.78, 5) is 11.0. The smallest absolute Gasteiger partial charge is 0.260 e. The molecule has 24 heavy (non-hydrogen) atoms. The van der Waals surface area contributed by atoms with E-state index in [-0.39, 0.29) is 10.6 Å². The number of sulfone groups is 1. The van der Waals surface area contributed by atoms with Crippen LogP contribution >= 0.6 is 23.2 Å². The van der Waals surface area contributed by atoms with Gasteiger partial charge in [-0.05, 0) is 41.5 Å². The quantitative estimate of drug-likeness (QED) is 0.796. The summed E-state index contributed by atoms with van der Waals surface area (Å²) >= 11 is 11.6. The lowest BCUT2D eigenvalue weighted by Gasteiger charge is -2.07. The molecular formula is C16H12Cl2FNO3S. The van der Waals surface area contributed by atoms with Crippen LogP contribution in [0.1, 0.15) is 11.1 Å².